The predicted molar refractivity (Wildman–Crippen MR) is 81.7 cm³/mol. The second-order valence-corrected chi connectivity index (χ2v) is 6.17. The number of esters is 1. The van der Waals surface area contributed by atoms with Crippen molar-refractivity contribution < 1.29 is 23.8 Å². The number of nitrogens with zero attached hydrogens (tertiary/aromatic N) is 2. The summed E-state index contributed by atoms with van der Waals surface area (Å²) in [5.74, 6) is -0.336. The summed E-state index contributed by atoms with van der Waals surface area (Å²) in [6.45, 7) is 11.8. The average Bonchev–Trinajstić information content (AvgIpc) is 2.43. The van der Waals surface area contributed by atoms with Gasteiger partial charge in [-0.25, -0.2) is 9.59 Å². The minimum atomic E-state index is -0.463. The van der Waals surface area contributed by atoms with Crippen LogP contribution in [0.2, 0.25) is 0 Å². The lowest BCUT2D eigenvalue weighted by atomic mass is 10.2. The van der Waals surface area contributed by atoms with E-state index in [2.05, 4.69) is 4.90 Å². The lowest BCUT2D eigenvalue weighted by molar-refractivity contribution is -0.148. The van der Waals surface area contributed by atoms with Gasteiger partial charge in [-0.2, -0.15) is 0 Å². The topological polar surface area (TPSA) is 68.3 Å². The number of ether oxygens (including phenoxy) is 3. The highest BCUT2D eigenvalue weighted by Gasteiger charge is 2.25. The van der Waals surface area contributed by atoms with E-state index in [4.69, 9.17) is 14.2 Å². The third-order valence-corrected chi connectivity index (χ3v) is 3.10. The number of rotatable bonds is 6. The van der Waals surface area contributed by atoms with Crippen LogP contribution >= 0.6 is 0 Å². The Kier molecular flexibility index (Phi) is 7.61. The molecule has 0 spiro atoms. The SMILES string of the molecule is CCOC(=O)COCCN1CCN(C(=O)OC(C)(C)C)CC1. The fourth-order valence-corrected chi connectivity index (χ4v) is 2.03. The van der Waals surface area contributed by atoms with Gasteiger partial charge in [0, 0.05) is 32.7 Å². The van der Waals surface area contributed by atoms with Crippen LogP contribution in [0.1, 0.15) is 27.7 Å². The van der Waals surface area contributed by atoms with Crippen molar-refractivity contribution >= 4 is 12.1 Å². The highest BCUT2D eigenvalue weighted by atomic mass is 16.6. The van der Waals surface area contributed by atoms with E-state index in [9.17, 15) is 9.59 Å². The molecule has 0 radical (unpaired) electrons. The minimum absolute atomic E-state index is 0.00822. The van der Waals surface area contributed by atoms with Crippen molar-refractivity contribution in [2.75, 3.05) is 52.5 Å². The fourth-order valence-electron chi connectivity index (χ4n) is 2.03. The molecule has 1 amide bonds. The zero-order chi connectivity index (χ0) is 16.6. The fraction of sp³-hybridized carbons (Fsp3) is 0.867. The van der Waals surface area contributed by atoms with E-state index in [-0.39, 0.29) is 18.7 Å². The molecule has 1 rings (SSSR count). The first-order chi connectivity index (χ1) is 10.3. The van der Waals surface area contributed by atoms with Gasteiger partial charge in [-0.1, -0.05) is 0 Å². The average molecular weight is 316 g/mol. The summed E-state index contributed by atoms with van der Waals surface area (Å²) in [6, 6.07) is 0. The molecule has 1 heterocycles. The molecule has 7 nitrogen and oxygen atoms in total. The Hall–Kier alpha value is -1.34. The summed E-state index contributed by atoms with van der Waals surface area (Å²) in [7, 11) is 0. The van der Waals surface area contributed by atoms with Crippen molar-refractivity contribution in [3.63, 3.8) is 0 Å². The van der Waals surface area contributed by atoms with Crippen molar-refractivity contribution in [1.82, 2.24) is 9.80 Å². The van der Waals surface area contributed by atoms with E-state index in [0.29, 0.717) is 26.3 Å². The lowest BCUT2D eigenvalue weighted by Gasteiger charge is -2.35. The van der Waals surface area contributed by atoms with E-state index in [1.54, 1.807) is 11.8 Å². The molecule has 1 aliphatic heterocycles. The number of piperazine rings is 1. The van der Waals surface area contributed by atoms with E-state index in [1.807, 2.05) is 20.8 Å². The molecule has 0 aromatic carbocycles. The maximum Gasteiger partial charge on any atom is 0.410 e. The van der Waals surface area contributed by atoms with Crippen LogP contribution in [0, 0.1) is 0 Å². The number of carbonyl (C=O) groups is 2. The minimum Gasteiger partial charge on any atom is -0.464 e. The molecule has 1 aliphatic rings. The molecular weight excluding hydrogens is 288 g/mol. The molecule has 0 aromatic heterocycles. The first kappa shape index (κ1) is 18.7. The second-order valence-electron chi connectivity index (χ2n) is 6.17. The van der Waals surface area contributed by atoms with Crippen LogP contribution in [0.15, 0.2) is 0 Å². The van der Waals surface area contributed by atoms with Gasteiger partial charge in [-0.15, -0.1) is 0 Å². The van der Waals surface area contributed by atoms with Crippen LogP contribution < -0.4 is 0 Å². The van der Waals surface area contributed by atoms with Gasteiger partial charge in [-0.3, -0.25) is 4.90 Å². The lowest BCUT2D eigenvalue weighted by Crippen LogP contribution is -2.50. The Morgan fingerprint density at radius 3 is 2.27 bits per heavy atom. The van der Waals surface area contributed by atoms with Gasteiger partial charge in [0.25, 0.3) is 0 Å². The standard InChI is InChI=1S/C15H28N2O5/c1-5-21-13(18)12-20-11-10-16-6-8-17(9-7-16)14(19)22-15(2,3)4/h5-12H2,1-4H3. The largest absolute Gasteiger partial charge is 0.464 e. The number of carbonyl (C=O) groups excluding carboxylic acids is 2. The first-order valence-corrected chi connectivity index (χ1v) is 7.75. The predicted octanol–water partition coefficient (Wildman–Crippen LogP) is 1.12. The number of hydrogen-bond donors (Lipinski definition) is 0. The molecule has 0 N–H and O–H groups in total. The van der Waals surface area contributed by atoms with Crippen LogP contribution in [0.3, 0.4) is 0 Å². The molecule has 1 saturated heterocycles. The summed E-state index contributed by atoms with van der Waals surface area (Å²) in [5.41, 5.74) is -0.463. The van der Waals surface area contributed by atoms with Crippen molar-refractivity contribution in [1.29, 1.82) is 0 Å². The molecule has 0 atom stereocenters. The number of hydrogen-bond acceptors (Lipinski definition) is 6. The van der Waals surface area contributed by atoms with Crippen molar-refractivity contribution in [2.45, 2.75) is 33.3 Å². The maximum atomic E-state index is 11.9. The molecule has 0 aliphatic carbocycles. The van der Waals surface area contributed by atoms with Gasteiger partial charge >= 0.3 is 12.1 Å². The van der Waals surface area contributed by atoms with E-state index in [0.717, 1.165) is 19.6 Å². The Morgan fingerprint density at radius 2 is 1.73 bits per heavy atom. The van der Waals surface area contributed by atoms with Crippen LogP contribution in [0.25, 0.3) is 0 Å². The molecule has 128 valence electrons. The highest BCUT2D eigenvalue weighted by Crippen LogP contribution is 2.11. The van der Waals surface area contributed by atoms with Gasteiger partial charge in [-0.05, 0) is 27.7 Å². The smallest absolute Gasteiger partial charge is 0.410 e. The number of amides is 1. The monoisotopic (exact) mass is 316 g/mol. The van der Waals surface area contributed by atoms with Gasteiger partial charge in [0.15, 0.2) is 0 Å². The third kappa shape index (κ3) is 7.61. The normalized spacial score (nSPS) is 16.5. The van der Waals surface area contributed by atoms with E-state index < -0.39 is 5.60 Å². The van der Waals surface area contributed by atoms with Crippen molar-refractivity contribution in [3.05, 3.63) is 0 Å². The maximum absolute atomic E-state index is 11.9. The molecule has 0 aromatic rings. The van der Waals surface area contributed by atoms with Crippen LogP contribution in [0.4, 0.5) is 4.79 Å². The zero-order valence-corrected chi connectivity index (χ0v) is 14.1. The Bertz CT molecular complexity index is 359. The molecule has 0 bridgehead atoms. The summed E-state index contributed by atoms with van der Waals surface area (Å²) >= 11 is 0. The molecule has 7 heteroatoms. The van der Waals surface area contributed by atoms with Crippen molar-refractivity contribution in [3.8, 4) is 0 Å². The van der Waals surface area contributed by atoms with Crippen LogP contribution in [-0.4, -0.2) is 80.0 Å². The van der Waals surface area contributed by atoms with Gasteiger partial charge in [0.1, 0.15) is 12.2 Å². The highest BCUT2D eigenvalue weighted by molar-refractivity contribution is 5.70. The van der Waals surface area contributed by atoms with E-state index >= 15 is 0 Å². The molecule has 0 unspecified atom stereocenters. The Balaban J connectivity index is 2.15. The Labute approximate surface area is 132 Å². The Morgan fingerprint density at radius 1 is 1.09 bits per heavy atom. The second kappa shape index (κ2) is 8.95. The summed E-state index contributed by atoms with van der Waals surface area (Å²) < 4.78 is 15.4. The molecule has 1 fully saturated rings. The molecular formula is C15H28N2O5. The summed E-state index contributed by atoms with van der Waals surface area (Å²) in [5, 5.41) is 0. The first-order valence-electron chi connectivity index (χ1n) is 7.75. The van der Waals surface area contributed by atoms with Gasteiger partial charge in [0.05, 0.1) is 13.2 Å². The van der Waals surface area contributed by atoms with Crippen molar-refractivity contribution in [2.24, 2.45) is 0 Å². The summed E-state index contributed by atoms with van der Waals surface area (Å²) in [4.78, 5) is 27.0. The molecule has 22 heavy (non-hydrogen) atoms. The molecule has 0 saturated carbocycles. The quantitative estimate of drug-likeness (QED) is 0.540. The van der Waals surface area contributed by atoms with Crippen LogP contribution in [0.5, 0.6) is 0 Å². The van der Waals surface area contributed by atoms with Crippen LogP contribution in [-0.2, 0) is 19.0 Å². The zero-order valence-electron chi connectivity index (χ0n) is 14.1. The van der Waals surface area contributed by atoms with Gasteiger partial charge in [0.2, 0.25) is 0 Å². The van der Waals surface area contributed by atoms with E-state index in [1.165, 1.54) is 0 Å². The third-order valence-electron chi connectivity index (χ3n) is 3.10. The summed E-state index contributed by atoms with van der Waals surface area (Å²) in [6.07, 6.45) is -0.259. The van der Waals surface area contributed by atoms with Gasteiger partial charge < -0.3 is 19.1 Å².